The molecule has 0 spiro atoms. The van der Waals surface area contributed by atoms with E-state index < -0.39 is 11.9 Å². The van der Waals surface area contributed by atoms with Crippen molar-refractivity contribution in [1.29, 1.82) is 0 Å². The number of rotatable bonds is 9. The van der Waals surface area contributed by atoms with E-state index in [1.807, 2.05) is 19.1 Å². The van der Waals surface area contributed by atoms with E-state index in [2.05, 4.69) is 10.6 Å². The minimum absolute atomic E-state index is 0.0426. The molecule has 1 saturated heterocycles. The Labute approximate surface area is 199 Å². The molecule has 8 heteroatoms. The number of hydrogen-bond donors (Lipinski definition) is 2. The van der Waals surface area contributed by atoms with Gasteiger partial charge in [0.05, 0.1) is 5.56 Å². The van der Waals surface area contributed by atoms with Crippen LogP contribution in [-0.2, 0) is 9.53 Å². The van der Waals surface area contributed by atoms with Crippen LogP contribution in [-0.4, -0.2) is 62.0 Å². The lowest BCUT2D eigenvalue weighted by Gasteiger charge is -2.36. The third-order valence-corrected chi connectivity index (χ3v) is 6.11. The monoisotopic (exact) mass is 469 g/mol. The molecule has 0 bridgehead atoms. The molecular formula is C26H32FN3O4. The summed E-state index contributed by atoms with van der Waals surface area (Å²) in [5, 5.41) is 5.79. The van der Waals surface area contributed by atoms with Gasteiger partial charge in [0.25, 0.3) is 11.8 Å². The molecule has 1 fully saturated rings. The molecule has 7 nitrogen and oxygen atoms in total. The predicted octanol–water partition coefficient (Wildman–Crippen LogP) is 2.94. The van der Waals surface area contributed by atoms with Crippen molar-refractivity contribution in [3.05, 3.63) is 71.0 Å². The summed E-state index contributed by atoms with van der Waals surface area (Å²) in [5.41, 5.74) is 1.56. The van der Waals surface area contributed by atoms with Crippen molar-refractivity contribution in [2.45, 2.75) is 32.2 Å². The number of nitrogens with one attached hydrogen (secondary N) is 2. The Balaban J connectivity index is 1.67. The zero-order valence-corrected chi connectivity index (χ0v) is 19.7. The summed E-state index contributed by atoms with van der Waals surface area (Å²) < 4.78 is 19.1. The molecule has 0 aromatic heterocycles. The number of hydrogen-bond acceptors (Lipinski definition) is 4. The number of likely N-dealkylation sites (tertiary alicyclic amines) is 1. The van der Waals surface area contributed by atoms with Gasteiger partial charge in [0, 0.05) is 38.9 Å². The van der Waals surface area contributed by atoms with Crippen molar-refractivity contribution >= 4 is 17.7 Å². The number of carbonyl (C=O) groups excluding carboxylic acids is 3. The highest BCUT2D eigenvalue weighted by Crippen LogP contribution is 2.23. The number of methoxy groups -OCH3 is 1. The van der Waals surface area contributed by atoms with Gasteiger partial charge in [-0.1, -0.05) is 29.8 Å². The Bertz CT molecular complexity index is 988. The molecule has 1 atom stereocenters. The molecule has 0 radical (unpaired) electrons. The Morgan fingerprint density at radius 2 is 1.76 bits per heavy atom. The van der Waals surface area contributed by atoms with Crippen LogP contribution in [0.25, 0.3) is 0 Å². The Kier molecular flexibility index (Phi) is 9.16. The molecule has 182 valence electrons. The van der Waals surface area contributed by atoms with Crippen LogP contribution in [0.2, 0.25) is 0 Å². The van der Waals surface area contributed by atoms with E-state index in [9.17, 15) is 18.8 Å². The molecule has 3 rings (SSSR count). The van der Waals surface area contributed by atoms with Gasteiger partial charge in [-0.2, -0.15) is 0 Å². The summed E-state index contributed by atoms with van der Waals surface area (Å²) in [6.45, 7) is 3.66. The smallest absolute Gasteiger partial charge is 0.256 e. The van der Waals surface area contributed by atoms with Crippen LogP contribution in [0, 0.1) is 18.7 Å². The first-order valence-electron chi connectivity index (χ1n) is 11.6. The van der Waals surface area contributed by atoms with Gasteiger partial charge in [-0.05, 0) is 56.4 Å². The van der Waals surface area contributed by atoms with Crippen molar-refractivity contribution in [3.63, 3.8) is 0 Å². The summed E-state index contributed by atoms with van der Waals surface area (Å²) in [5.74, 6) is -1.63. The van der Waals surface area contributed by atoms with Crippen LogP contribution in [0.1, 0.15) is 45.5 Å². The lowest BCUT2D eigenvalue weighted by molar-refractivity contribution is -0.124. The number of aryl methyl sites for hydroxylation is 1. The van der Waals surface area contributed by atoms with Crippen LogP contribution in [0.3, 0.4) is 0 Å². The maximum Gasteiger partial charge on any atom is 0.256 e. The van der Waals surface area contributed by atoms with Crippen molar-refractivity contribution in [3.8, 4) is 0 Å². The maximum absolute atomic E-state index is 14.1. The molecule has 3 amide bonds. The highest BCUT2D eigenvalue weighted by molar-refractivity contribution is 5.98. The number of carbonyl (C=O) groups is 3. The number of halogens is 1. The molecule has 0 saturated carbocycles. The normalized spacial score (nSPS) is 15.0. The van der Waals surface area contributed by atoms with Gasteiger partial charge in [0.2, 0.25) is 5.91 Å². The highest BCUT2D eigenvalue weighted by atomic mass is 19.1. The van der Waals surface area contributed by atoms with Crippen molar-refractivity contribution in [1.82, 2.24) is 15.5 Å². The number of amides is 3. The number of nitrogens with zero attached hydrogens (tertiary/aromatic N) is 1. The van der Waals surface area contributed by atoms with Gasteiger partial charge in [0.15, 0.2) is 0 Å². The predicted molar refractivity (Wildman–Crippen MR) is 127 cm³/mol. The topological polar surface area (TPSA) is 87.7 Å². The van der Waals surface area contributed by atoms with Crippen LogP contribution in [0.15, 0.2) is 48.5 Å². The second kappa shape index (κ2) is 12.3. The van der Waals surface area contributed by atoms with Crippen LogP contribution in [0.4, 0.5) is 4.39 Å². The zero-order valence-electron chi connectivity index (χ0n) is 19.7. The number of piperidine rings is 1. The van der Waals surface area contributed by atoms with E-state index in [-0.39, 0.29) is 29.2 Å². The van der Waals surface area contributed by atoms with Crippen LogP contribution < -0.4 is 10.6 Å². The lowest BCUT2D eigenvalue weighted by atomic mass is 9.88. The fourth-order valence-corrected chi connectivity index (χ4v) is 4.11. The molecule has 34 heavy (non-hydrogen) atoms. The van der Waals surface area contributed by atoms with E-state index in [1.165, 1.54) is 12.1 Å². The van der Waals surface area contributed by atoms with Gasteiger partial charge in [0.1, 0.15) is 11.9 Å². The zero-order chi connectivity index (χ0) is 24.5. The molecular weight excluding hydrogens is 437 g/mol. The second-order valence-corrected chi connectivity index (χ2v) is 8.56. The third-order valence-electron chi connectivity index (χ3n) is 6.11. The van der Waals surface area contributed by atoms with Gasteiger partial charge in [-0.25, -0.2) is 4.39 Å². The third kappa shape index (κ3) is 6.63. The van der Waals surface area contributed by atoms with E-state index in [0.717, 1.165) is 5.56 Å². The average molecular weight is 470 g/mol. The van der Waals surface area contributed by atoms with Crippen molar-refractivity contribution in [2.24, 2.45) is 5.92 Å². The largest absolute Gasteiger partial charge is 0.385 e. The van der Waals surface area contributed by atoms with E-state index >= 15 is 0 Å². The van der Waals surface area contributed by atoms with Gasteiger partial charge < -0.3 is 20.3 Å². The first-order chi connectivity index (χ1) is 16.4. The summed E-state index contributed by atoms with van der Waals surface area (Å²) in [7, 11) is 1.60. The van der Waals surface area contributed by atoms with E-state index in [1.54, 1.807) is 36.3 Å². The van der Waals surface area contributed by atoms with Gasteiger partial charge in [-0.3, -0.25) is 14.4 Å². The minimum atomic E-state index is -0.734. The fraction of sp³-hybridized carbons (Fsp3) is 0.423. The SMILES string of the molecule is COCCCNC(=O)[C@H](NC(=O)c1ccc(C)cc1)C1CCN(C(=O)c2ccccc2F)CC1. The van der Waals surface area contributed by atoms with E-state index in [0.29, 0.717) is 51.1 Å². The molecule has 2 aromatic carbocycles. The average Bonchev–Trinajstić information content (AvgIpc) is 2.85. The Morgan fingerprint density at radius 3 is 2.41 bits per heavy atom. The van der Waals surface area contributed by atoms with Gasteiger partial charge >= 0.3 is 0 Å². The quantitative estimate of drug-likeness (QED) is 0.553. The number of benzene rings is 2. The first-order valence-corrected chi connectivity index (χ1v) is 11.6. The molecule has 1 aliphatic rings. The van der Waals surface area contributed by atoms with Crippen LogP contribution in [0.5, 0.6) is 0 Å². The summed E-state index contributed by atoms with van der Waals surface area (Å²) in [6.07, 6.45) is 1.70. The Hall–Kier alpha value is -3.26. The summed E-state index contributed by atoms with van der Waals surface area (Å²) in [4.78, 5) is 40.2. The molecule has 1 aliphatic heterocycles. The highest BCUT2D eigenvalue weighted by Gasteiger charge is 2.34. The lowest BCUT2D eigenvalue weighted by Crippen LogP contribution is -2.54. The summed E-state index contributed by atoms with van der Waals surface area (Å²) >= 11 is 0. The van der Waals surface area contributed by atoms with Crippen molar-refractivity contribution in [2.75, 3.05) is 33.4 Å². The first kappa shape index (κ1) is 25.4. The maximum atomic E-state index is 14.1. The van der Waals surface area contributed by atoms with Crippen molar-refractivity contribution < 1.29 is 23.5 Å². The van der Waals surface area contributed by atoms with Crippen LogP contribution >= 0.6 is 0 Å². The summed E-state index contributed by atoms with van der Waals surface area (Å²) in [6, 6.07) is 12.3. The molecule has 1 heterocycles. The standard InChI is InChI=1S/C26H32FN3O4/c1-18-8-10-20(11-9-18)24(31)29-23(25(32)28-14-5-17-34-2)19-12-15-30(16-13-19)26(33)21-6-3-4-7-22(21)27/h3-4,6-11,19,23H,5,12-17H2,1-2H3,(H,28,32)(H,29,31)/t23-/m1/s1. The number of ether oxygens (including phenoxy) is 1. The molecule has 2 N–H and O–H groups in total. The molecule has 0 unspecified atom stereocenters. The minimum Gasteiger partial charge on any atom is -0.385 e. The fourth-order valence-electron chi connectivity index (χ4n) is 4.11. The molecule has 2 aromatic rings. The van der Waals surface area contributed by atoms with E-state index in [4.69, 9.17) is 4.74 Å². The second-order valence-electron chi connectivity index (χ2n) is 8.56. The Morgan fingerprint density at radius 1 is 1.09 bits per heavy atom. The van der Waals surface area contributed by atoms with Gasteiger partial charge in [-0.15, -0.1) is 0 Å². The molecule has 0 aliphatic carbocycles.